The van der Waals surface area contributed by atoms with Crippen LogP contribution in [0.5, 0.6) is 0 Å². The molecule has 7 nitrogen and oxygen atoms in total. The Balaban J connectivity index is 3.12. The van der Waals surface area contributed by atoms with E-state index in [-0.39, 0.29) is 18.4 Å². The number of amides is 1. The zero-order chi connectivity index (χ0) is 20.0. The summed E-state index contributed by atoms with van der Waals surface area (Å²) in [5.41, 5.74) is 2.61. The topological polar surface area (TPSA) is 107 Å². The minimum Gasteiger partial charge on any atom is -0.480 e. The minimum atomic E-state index is -1.19. The summed E-state index contributed by atoms with van der Waals surface area (Å²) in [6, 6.07) is 3.88. The molecule has 1 aromatic rings. The van der Waals surface area contributed by atoms with Crippen LogP contribution >= 0.6 is 15.9 Å². The summed E-state index contributed by atoms with van der Waals surface area (Å²) in [6.45, 7) is 6.70. The van der Waals surface area contributed by atoms with Crippen molar-refractivity contribution in [2.45, 2.75) is 39.5 Å². The van der Waals surface area contributed by atoms with Gasteiger partial charge in [0.25, 0.3) is 0 Å². The summed E-state index contributed by atoms with van der Waals surface area (Å²) in [4.78, 5) is 35.3. The second kappa shape index (κ2) is 9.68. The Kier molecular flexibility index (Phi) is 8.23. The van der Waals surface area contributed by atoms with E-state index in [1.165, 1.54) is 0 Å². The van der Waals surface area contributed by atoms with Gasteiger partial charge in [-0.25, -0.2) is 0 Å². The van der Waals surface area contributed by atoms with Gasteiger partial charge in [-0.1, -0.05) is 49.7 Å². The molecule has 1 amide bonds. The molecular formula is C18H25BrN2O5. The van der Waals surface area contributed by atoms with E-state index in [1.807, 2.05) is 39.8 Å². The van der Waals surface area contributed by atoms with Crippen molar-refractivity contribution in [1.29, 1.82) is 0 Å². The molecule has 0 fully saturated rings. The highest BCUT2D eigenvalue weighted by Crippen LogP contribution is 2.37. The number of carbonyl (C=O) groups excluding carboxylic acids is 1. The number of carboxylic acids is 2. The molecule has 1 aromatic carbocycles. The van der Waals surface area contributed by atoms with Crippen molar-refractivity contribution in [2.75, 3.05) is 25.0 Å². The third-order valence-corrected chi connectivity index (χ3v) is 4.46. The second-order valence-corrected chi connectivity index (χ2v) is 7.57. The number of rotatable bonds is 9. The zero-order valence-electron chi connectivity index (χ0n) is 15.4. The molecule has 0 heterocycles. The van der Waals surface area contributed by atoms with Crippen LogP contribution in [-0.2, 0) is 14.4 Å². The molecule has 8 heteroatoms. The van der Waals surface area contributed by atoms with Gasteiger partial charge in [-0.05, 0) is 29.0 Å². The number of nitrogens with zero attached hydrogens (tertiary/aromatic N) is 1. The van der Waals surface area contributed by atoms with Crippen LogP contribution in [0.2, 0.25) is 0 Å². The van der Waals surface area contributed by atoms with Crippen molar-refractivity contribution < 1.29 is 24.6 Å². The van der Waals surface area contributed by atoms with E-state index >= 15 is 0 Å². The fraction of sp³-hybridized carbons (Fsp3) is 0.500. The number of nitrogens with one attached hydrogen (secondary N) is 1. The predicted molar refractivity (Wildman–Crippen MR) is 103 cm³/mol. The smallest absolute Gasteiger partial charge is 0.317 e. The maximum absolute atomic E-state index is 12.5. The Morgan fingerprint density at radius 3 is 1.96 bits per heavy atom. The summed E-state index contributed by atoms with van der Waals surface area (Å²) in [7, 11) is 0. The number of carbonyl (C=O) groups is 3. The highest BCUT2D eigenvalue weighted by atomic mass is 79.9. The molecule has 0 aliphatic rings. The first kappa shape index (κ1) is 22.1. The van der Waals surface area contributed by atoms with Gasteiger partial charge in [0.05, 0.1) is 19.6 Å². The van der Waals surface area contributed by atoms with E-state index < -0.39 is 30.9 Å². The number of aliphatic carboxylic acids is 2. The zero-order valence-corrected chi connectivity index (χ0v) is 17.0. The summed E-state index contributed by atoms with van der Waals surface area (Å²) in [6.07, 6.45) is 0. The maximum atomic E-state index is 12.5. The van der Waals surface area contributed by atoms with Crippen molar-refractivity contribution in [1.82, 2.24) is 4.90 Å². The first-order chi connectivity index (χ1) is 12.0. The molecule has 26 heavy (non-hydrogen) atoms. The lowest BCUT2D eigenvalue weighted by Crippen LogP contribution is -2.40. The lowest BCUT2D eigenvalue weighted by molar-refractivity contribution is -0.142. The Labute approximate surface area is 161 Å². The first-order valence-corrected chi connectivity index (χ1v) is 9.10. The molecule has 0 bridgehead atoms. The van der Waals surface area contributed by atoms with Crippen LogP contribution in [0, 0.1) is 0 Å². The van der Waals surface area contributed by atoms with Gasteiger partial charge in [0.1, 0.15) is 0 Å². The van der Waals surface area contributed by atoms with Crippen LogP contribution in [0.4, 0.5) is 5.69 Å². The van der Waals surface area contributed by atoms with E-state index in [1.54, 1.807) is 0 Å². The van der Waals surface area contributed by atoms with Gasteiger partial charge in [0, 0.05) is 10.2 Å². The second-order valence-electron chi connectivity index (χ2n) is 6.72. The normalized spacial score (nSPS) is 11.2. The molecule has 3 N–H and O–H groups in total. The lowest BCUT2D eigenvalue weighted by atomic mass is 9.92. The van der Waals surface area contributed by atoms with Crippen molar-refractivity contribution in [3.8, 4) is 0 Å². The Hall–Kier alpha value is -1.93. The Morgan fingerprint density at radius 2 is 1.54 bits per heavy atom. The molecule has 0 saturated carbocycles. The Morgan fingerprint density at radius 1 is 1.00 bits per heavy atom. The van der Waals surface area contributed by atoms with E-state index in [2.05, 4.69) is 21.2 Å². The highest BCUT2D eigenvalue weighted by molar-refractivity contribution is 9.10. The van der Waals surface area contributed by atoms with Gasteiger partial charge in [-0.15, -0.1) is 0 Å². The van der Waals surface area contributed by atoms with Gasteiger partial charge >= 0.3 is 11.9 Å². The SMILES string of the molecule is CC(C)c1ccc(Br)c(C(C)C)c1NC(=O)CN(CC(=O)O)CC(=O)O. The van der Waals surface area contributed by atoms with E-state index in [9.17, 15) is 14.4 Å². The van der Waals surface area contributed by atoms with E-state index in [4.69, 9.17) is 10.2 Å². The predicted octanol–water partition coefficient (Wildman–Crippen LogP) is 3.11. The third-order valence-electron chi connectivity index (χ3n) is 3.77. The molecule has 0 saturated heterocycles. The van der Waals surface area contributed by atoms with Gasteiger partial charge < -0.3 is 15.5 Å². The quantitative estimate of drug-likeness (QED) is 0.557. The number of halogens is 1. The van der Waals surface area contributed by atoms with Crippen LogP contribution in [-0.4, -0.2) is 52.6 Å². The van der Waals surface area contributed by atoms with Gasteiger partial charge in [-0.3, -0.25) is 19.3 Å². The largest absolute Gasteiger partial charge is 0.480 e. The Bertz CT molecular complexity index is 672. The van der Waals surface area contributed by atoms with Gasteiger partial charge in [0.2, 0.25) is 5.91 Å². The van der Waals surface area contributed by atoms with Gasteiger partial charge in [0.15, 0.2) is 0 Å². The van der Waals surface area contributed by atoms with Crippen LogP contribution < -0.4 is 5.32 Å². The average molecular weight is 429 g/mol. The fourth-order valence-corrected chi connectivity index (χ4v) is 3.52. The molecule has 144 valence electrons. The van der Waals surface area contributed by atoms with E-state index in [0.29, 0.717) is 5.69 Å². The first-order valence-electron chi connectivity index (χ1n) is 8.31. The van der Waals surface area contributed by atoms with Crippen molar-refractivity contribution in [2.24, 2.45) is 0 Å². The summed E-state index contributed by atoms with van der Waals surface area (Å²) in [5.74, 6) is -2.51. The number of hydrogen-bond acceptors (Lipinski definition) is 4. The van der Waals surface area contributed by atoms with Crippen molar-refractivity contribution in [3.05, 3.63) is 27.7 Å². The number of benzene rings is 1. The molecule has 0 aliphatic carbocycles. The molecule has 0 aliphatic heterocycles. The van der Waals surface area contributed by atoms with Crippen LogP contribution in [0.15, 0.2) is 16.6 Å². The molecule has 1 rings (SSSR count). The van der Waals surface area contributed by atoms with Crippen LogP contribution in [0.25, 0.3) is 0 Å². The molecule has 0 unspecified atom stereocenters. The van der Waals surface area contributed by atoms with Crippen LogP contribution in [0.3, 0.4) is 0 Å². The number of hydrogen-bond donors (Lipinski definition) is 3. The molecule has 0 radical (unpaired) electrons. The standard InChI is InChI=1S/C18H25BrN2O5/c1-10(2)12-5-6-13(19)17(11(3)4)18(12)20-14(22)7-21(8-15(23)24)9-16(25)26/h5-6,10-11H,7-9H2,1-4H3,(H,20,22)(H,23,24)(H,25,26). The minimum absolute atomic E-state index is 0.146. The van der Waals surface area contributed by atoms with E-state index in [0.717, 1.165) is 20.5 Å². The monoisotopic (exact) mass is 428 g/mol. The number of carboxylic acid groups (broad SMARTS) is 2. The summed E-state index contributed by atoms with van der Waals surface area (Å²) < 4.78 is 0.875. The maximum Gasteiger partial charge on any atom is 0.317 e. The number of anilines is 1. The van der Waals surface area contributed by atoms with Crippen LogP contribution in [0.1, 0.15) is 50.7 Å². The summed E-state index contributed by atoms with van der Waals surface area (Å²) >= 11 is 3.52. The third kappa shape index (κ3) is 6.42. The lowest BCUT2D eigenvalue weighted by Gasteiger charge is -2.23. The molecular weight excluding hydrogens is 404 g/mol. The van der Waals surface area contributed by atoms with Crippen molar-refractivity contribution >= 4 is 39.5 Å². The fourth-order valence-electron chi connectivity index (χ4n) is 2.73. The average Bonchev–Trinajstić information content (AvgIpc) is 2.44. The highest BCUT2D eigenvalue weighted by Gasteiger charge is 2.21. The molecule has 0 atom stereocenters. The molecule has 0 spiro atoms. The summed E-state index contributed by atoms with van der Waals surface area (Å²) in [5, 5.41) is 20.7. The molecule has 0 aromatic heterocycles. The van der Waals surface area contributed by atoms with Crippen molar-refractivity contribution in [3.63, 3.8) is 0 Å². The van der Waals surface area contributed by atoms with Gasteiger partial charge in [-0.2, -0.15) is 0 Å².